The average molecular weight is 272 g/mol. The third kappa shape index (κ3) is 2.34. The number of hydrogen-bond donors (Lipinski definition) is 1. The van der Waals surface area contributed by atoms with E-state index in [1.54, 1.807) is 24.3 Å². The van der Waals surface area contributed by atoms with Crippen molar-refractivity contribution >= 4 is 11.4 Å². The highest BCUT2D eigenvalue weighted by atomic mass is 19.1. The van der Waals surface area contributed by atoms with Crippen LogP contribution in [0.15, 0.2) is 42.5 Å². The molecule has 0 saturated heterocycles. The Bertz CT molecular complexity index is 655. The zero-order valence-electron chi connectivity index (χ0n) is 10.7. The van der Waals surface area contributed by atoms with Crippen molar-refractivity contribution in [3.8, 4) is 0 Å². The highest BCUT2D eigenvalue weighted by Crippen LogP contribution is 2.34. The molecule has 4 nitrogen and oxygen atoms in total. The highest BCUT2D eigenvalue weighted by Gasteiger charge is 2.22. The van der Waals surface area contributed by atoms with Gasteiger partial charge in [-0.3, -0.25) is 10.1 Å². The van der Waals surface area contributed by atoms with E-state index in [9.17, 15) is 14.5 Å². The van der Waals surface area contributed by atoms with Crippen LogP contribution in [0, 0.1) is 15.9 Å². The molecule has 20 heavy (non-hydrogen) atoms. The summed E-state index contributed by atoms with van der Waals surface area (Å²) in [7, 11) is 0. The molecule has 0 saturated carbocycles. The number of aryl methyl sites for hydroxylation is 1. The number of nitro benzene ring substituents is 1. The minimum Gasteiger partial charge on any atom is -0.378 e. The molecule has 3 rings (SSSR count). The molecule has 1 aliphatic rings. The second kappa shape index (κ2) is 4.92. The monoisotopic (exact) mass is 272 g/mol. The normalized spacial score (nSPS) is 16.8. The number of rotatable bonds is 3. The smallest absolute Gasteiger partial charge is 0.269 e. The molecule has 0 bridgehead atoms. The first kappa shape index (κ1) is 12.6. The number of fused-ring (bicyclic) bond motifs is 1. The van der Waals surface area contributed by atoms with E-state index in [0.29, 0.717) is 0 Å². The number of halogens is 1. The number of nitrogens with one attached hydrogen (secondary N) is 1. The van der Waals surface area contributed by atoms with Crippen LogP contribution in [0.1, 0.15) is 23.6 Å². The van der Waals surface area contributed by atoms with Gasteiger partial charge in [-0.1, -0.05) is 6.07 Å². The lowest BCUT2D eigenvalue weighted by Gasteiger charge is -2.15. The van der Waals surface area contributed by atoms with E-state index < -0.39 is 4.92 Å². The first-order valence-electron chi connectivity index (χ1n) is 6.43. The molecule has 0 heterocycles. The number of benzene rings is 2. The number of nitro groups is 1. The molecular weight excluding hydrogens is 259 g/mol. The molecule has 0 aromatic heterocycles. The minimum atomic E-state index is -0.419. The number of hydrogen-bond acceptors (Lipinski definition) is 3. The van der Waals surface area contributed by atoms with Crippen molar-refractivity contribution in [2.24, 2.45) is 0 Å². The van der Waals surface area contributed by atoms with E-state index in [2.05, 4.69) is 5.32 Å². The largest absolute Gasteiger partial charge is 0.378 e. The predicted octanol–water partition coefficient (Wildman–Crippen LogP) is 3.83. The third-order valence-electron chi connectivity index (χ3n) is 3.60. The Morgan fingerprint density at radius 1 is 1.20 bits per heavy atom. The summed E-state index contributed by atoms with van der Waals surface area (Å²) in [5, 5.41) is 13.9. The van der Waals surface area contributed by atoms with E-state index in [-0.39, 0.29) is 17.5 Å². The van der Waals surface area contributed by atoms with Gasteiger partial charge in [0.2, 0.25) is 0 Å². The van der Waals surface area contributed by atoms with Crippen molar-refractivity contribution < 1.29 is 9.31 Å². The molecule has 102 valence electrons. The maximum Gasteiger partial charge on any atom is 0.269 e. The molecule has 0 amide bonds. The molecule has 1 aliphatic carbocycles. The van der Waals surface area contributed by atoms with Gasteiger partial charge in [0.1, 0.15) is 5.82 Å². The van der Waals surface area contributed by atoms with Crippen LogP contribution in [0.2, 0.25) is 0 Å². The van der Waals surface area contributed by atoms with Crippen molar-refractivity contribution in [1.82, 2.24) is 0 Å². The van der Waals surface area contributed by atoms with Crippen molar-refractivity contribution in [2.75, 3.05) is 5.32 Å². The Kier molecular flexibility index (Phi) is 3.10. The minimum absolute atomic E-state index is 0.0736. The number of anilines is 1. The van der Waals surface area contributed by atoms with Crippen molar-refractivity contribution in [1.29, 1.82) is 0 Å². The Labute approximate surface area is 115 Å². The zero-order valence-corrected chi connectivity index (χ0v) is 10.7. The molecule has 0 radical (unpaired) electrons. The third-order valence-corrected chi connectivity index (χ3v) is 3.60. The van der Waals surface area contributed by atoms with Gasteiger partial charge in [-0.2, -0.15) is 0 Å². The lowest BCUT2D eigenvalue weighted by Crippen LogP contribution is -2.07. The van der Waals surface area contributed by atoms with Crippen LogP contribution in [0.25, 0.3) is 0 Å². The fourth-order valence-corrected chi connectivity index (χ4v) is 2.62. The summed E-state index contributed by atoms with van der Waals surface area (Å²) in [6, 6.07) is 11.3. The number of non-ortho nitro benzene ring substituents is 1. The zero-order chi connectivity index (χ0) is 14.1. The van der Waals surface area contributed by atoms with Crippen molar-refractivity contribution in [3.05, 3.63) is 69.5 Å². The maximum absolute atomic E-state index is 13.2. The second-order valence-electron chi connectivity index (χ2n) is 4.88. The summed E-state index contributed by atoms with van der Waals surface area (Å²) in [5.41, 5.74) is 3.04. The van der Waals surface area contributed by atoms with Crippen LogP contribution < -0.4 is 5.32 Å². The molecule has 0 fully saturated rings. The fraction of sp³-hybridized carbons (Fsp3) is 0.200. The van der Waals surface area contributed by atoms with Crippen LogP contribution in [-0.4, -0.2) is 4.92 Å². The van der Waals surface area contributed by atoms with Gasteiger partial charge in [-0.15, -0.1) is 0 Å². The Balaban J connectivity index is 1.78. The molecular formula is C15H13FN2O2. The van der Waals surface area contributed by atoms with Crippen LogP contribution in [0.4, 0.5) is 15.8 Å². The van der Waals surface area contributed by atoms with Gasteiger partial charge in [0.05, 0.1) is 11.0 Å². The van der Waals surface area contributed by atoms with Gasteiger partial charge in [0.25, 0.3) is 5.69 Å². The maximum atomic E-state index is 13.2. The van der Waals surface area contributed by atoms with E-state index >= 15 is 0 Å². The standard InChI is InChI=1S/C15H13FN2O2/c16-11-2-7-14-10(9-11)1-8-15(14)17-12-3-5-13(6-4-12)18(19)20/h2-7,9,15,17H,1,8H2. The average Bonchev–Trinajstić information content (AvgIpc) is 2.81. The van der Waals surface area contributed by atoms with Crippen molar-refractivity contribution in [2.45, 2.75) is 18.9 Å². The molecule has 0 spiro atoms. The molecule has 5 heteroatoms. The first-order valence-corrected chi connectivity index (χ1v) is 6.43. The van der Waals surface area contributed by atoms with Crippen LogP contribution >= 0.6 is 0 Å². The second-order valence-corrected chi connectivity index (χ2v) is 4.88. The topological polar surface area (TPSA) is 55.2 Å². The molecule has 2 aromatic carbocycles. The van der Waals surface area contributed by atoms with Gasteiger partial charge < -0.3 is 5.32 Å². The van der Waals surface area contributed by atoms with Gasteiger partial charge in [0, 0.05) is 17.8 Å². The van der Waals surface area contributed by atoms with Crippen LogP contribution in [0.3, 0.4) is 0 Å². The van der Waals surface area contributed by atoms with Crippen LogP contribution in [0.5, 0.6) is 0 Å². The summed E-state index contributed by atoms with van der Waals surface area (Å²) in [6.45, 7) is 0. The number of nitrogens with zero attached hydrogens (tertiary/aromatic N) is 1. The molecule has 0 aliphatic heterocycles. The van der Waals surface area contributed by atoms with Crippen molar-refractivity contribution in [3.63, 3.8) is 0 Å². The van der Waals surface area contributed by atoms with Crippen LogP contribution in [-0.2, 0) is 6.42 Å². The summed E-state index contributed by atoms with van der Waals surface area (Å²) < 4.78 is 13.2. The molecule has 1 N–H and O–H groups in total. The molecule has 1 unspecified atom stereocenters. The van der Waals surface area contributed by atoms with Gasteiger partial charge >= 0.3 is 0 Å². The van der Waals surface area contributed by atoms with E-state index in [0.717, 1.165) is 29.7 Å². The predicted molar refractivity (Wildman–Crippen MR) is 74.2 cm³/mol. The summed E-state index contributed by atoms with van der Waals surface area (Å²) in [5.74, 6) is -0.209. The summed E-state index contributed by atoms with van der Waals surface area (Å²) in [4.78, 5) is 10.2. The van der Waals surface area contributed by atoms with Gasteiger partial charge in [-0.05, 0) is 48.2 Å². The molecule has 1 atom stereocenters. The highest BCUT2D eigenvalue weighted by molar-refractivity contribution is 5.51. The summed E-state index contributed by atoms with van der Waals surface area (Å²) in [6.07, 6.45) is 1.74. The van der Waals surface area contributed by atoms with E-state index in [1.165, 1.54) is 18.2 Å². The lowest BCUT2D eigenvalue weighted by molar-refractivity contribution is -0.384. The lowest BCUT2D eigenvalue weighted by atomic mass is 10.1. The fourth-order valence-electron chi connectivity index (χ4n) is 2.62. The first-order chi connectivity index (χ1) is 9.63. The Morgan fingerprint density at radius 2 is 1.95 bits per heavy atom. The van der Waals surface area contributed by atoms with E-state index in [4.69, 9.17) is 0 Å². The van der Waals surface area contributed by atoms with E-state index in [1.807, 2.05) is 0 Å². The Hall–Kier alpha value is -2.43. The molecule has 2 aromatic rings. The summed E-state index contributed by atoms with van der Waals surface area (Å²) >= 11 is 0. The quantitative estimate of drug-likeness (QED) is 0.682. The van der Waals surface area contributed by atoms with Gasteiger partial charge in [0.15, 0.2) is 0 Å². The Morgan fingerprint density at radius 3 is 2.65 bits per heavy atom. The SMILES string of the molecule is O=[N+]([O-])c1ccc(NC2CCc3cc(F)ccc32)cc1. The van der Waals surface area contributed by atoms with Gasteiger partial charge in [-0.25, -0.2) is 4.39 Å².